The zero-order valence-corrected chi connectivity index (χ0v) is 12.8. The van der Waals surface area contributed by atoms with Gasteiger partial charge in [-0.3, -0.25) is 4.79 Å². The molecular weight excluding hydrogens is 307 g/mol. The minimum Gasteiger partial charge on any atom is -0.494 e. The highest BCUT2D eigenvalue weighted by Gasteiger charge is 2.20. The summed E-state index contributed by atoms with van der Waals surface area (Å²) in [4.78, 5) is 23.2. The Morgan fingerprint density at radius 3 is 2.15 bits per heavy atom. The van der Waals surface area contributed by atoms with Crippen LogP contribution >= 0.6 is 24.8 Å². The van der Waals surface area contributed by atoms with Crippen molar-refractivity contribution in [1.82, 2.24) is 0 Å². The summed E-state index contributed by atoms with van der Waals surface area (Å²) < 4.78 is 9.66. The van der Waals surface area contributed by atoms with Crippen LogP contribution in [0.5, 0.6) is 5.75 Å². The molecule has 0 aliphatic carbocycles. The molecule has 0 aromatic heterocycles. The summed E-state index contributed by atoms with van der Waals surface area (Å²) in [5.74, 6) is -0.620. The number of carbonyl (C=O) groups excluding carboxylic acids is 2. The van der Waals surface area contributed by atoms with Crippen LogP contribution < -0.4 is 16.2 Å². The third-order valence-electron chi connectivity index (χ3n) is 2.48. The Hall–Kier alpha value is -1.50. The molecule has 0 spiro atoms. The van der Waals surface area contributed by atoms with E-state index in [0.29, 0.717) is 5.56 Å². The van der Waals surface area contributed by atoms with Crippen molar-refractivity contribution in [2.75, 3.05) is 26.5 Å². The van der Waals surface area contributed by atoms with Crippen molar-refractivity contribution >= 4 is 42.3 Å². The van der Waals surface area contributed by atoms with Crippen molar-refractivity contribution in [3.05, 3.63) is 23.3 Å². The molecule has 114 valence electrons. The molecule has 0 atom stereocenters. The SMILES string of the molecule is COC(=O)c1ccc(C(=O)CCN)c(N)c1OC.Cl.Cl. The number of nitrogen functional groups attached to an aromatic ring is 1. The number of esters is 1. The fraction of sp³-hybridized carbons (Fsp3) is 0.333. The van der Waals surface area contributed by atoms with E-state index in [2.05, 4.69) is 4.74 Å². The fourth-order valence-corrected chi connectivity index (χ4v) is 1.60. The molecule has 0 heterocycles. The standard InChI is InChI=1S/C12H16N2O4.2ClH/c1-17-11-8(12(16)18-2)4-3-7(10(11)14)9(15)5-6-13;;/h3-4H,5-6,13-14H2,1-2H3;2*1H. The Kier molecular flexibility index (Phi) is 9.79. The number of ketones is 1. The lowest BCUT2D eigenvalue weighted by Gasteiger charge is -2.12. The van der Waals surface area contributed by atoms with Crippen molar-refractivity contribution in [1.29, 1.82) is 0 Å². The first-order chi connectivity index (χ1) is 8.56. The molecule has 0 amide bonds. The molecule has 8 heteroatoms. The van der Waals surface area contributed by atoms with E-state index < -0.39 is 5.97 Å². The quantitative estimate of drug-likeness (QED) is 0.482. The van der Waals surface area contributed by atoms with Gasteiger partial charge in [0, 0.05) is 12.0 Å². The number of hydrogen-bond acceptors (Lipinski definition) is 6. The van der Waals surface area contributed by atoms with Crippen LogP contribution in [0.25, 0.3) is 0 Å². The van der Waals surface area contributed by atoms with Crippen LogP contribution in [0.1, 0.15) is 27.1 Å². The number of benzene rings is 1. The van der Waals surface area contributed by atoms with Gasteiger partial charge in [-0.05, 0) is 18.7 Å². The third-order valence-corrected chi connectivity index (χ3v) is 2.48. The normalized spacial score (nSPS) is 8.95. The molecular formula is C12H18Cl2N2O4. The lowest BCUT2D eigenvalue weighted by molar-refractivity contribution is 0.0597. The maximum absolute atomic E-state index is 11.8. The van der Waals surface area contributed by atoms with Crippen LogP contribution in [-0.2, 0) is 4.74 Å². The zero-order chi connectivity index (χ0) is 13.7. The second-order valence-electron chi connectivity index (χ2n) is 3.56. The van der Waals surface area contributed by atoms with Gasteiger partial charge in [-0.25, -0.2) is 4.79 Å². The molecule has 0 saturated heterocycles. The second kappa shape index (κ2) is 9.41. The van der Waals surface area contributed by atoms with E-state index in [-0.39, 0.29) is 60.6 Å². The predicted octanol–water partition coefficient (Wildman–Crippen LogP) is 1.44. The summed E-state index contributed by atoms with van der Waals surface area (Å²) in [6.45, 7) is 0.235. The number of rotatable bonds is 5. The molecule has 0 aliphatic rings. The maximum Gasteiger partial charge on any atom is 0.341 e. The summed E-state index contributed by atoms with van der Waals surface area (Å²) in [7, 11) is 2.63. The number of Topliss-reactive ketones (excluding diaryl/α,β-unsaturated/α-hetero) is 1. The lowest BCUT2D eigenvalue weighted by atomic mass is 10.0. The molecule has 0 radical (unpaired) electrons. The van der Waals surface area contributed by atoms with Crippen molar-refractivity contribution in [3.8, 4) is 5.75 Å². The number of hydrogen-bond donors (Lipinski definition) is 2. The lowest BCUT2D eigenvalue weighted by Crippen LogP contribution is -2.13. The highest BCUT2D eigenvalue weighted by atomic mass is 35.5. The Bertz CT molecular complexity index is 481. The first kappa shape index (κ1) is 20.8. The van der Waals surface area contributed by atoms with Gasteiger partial charge in [0.05, 0.1) is 19.9 Å². The number of carbonyl (C=O) groups is 2. The molecule has 0 saturated carbocycles. The van der Waals surface area contributed by atoms with Crippen molar-refractivity contribution in [3.63, 3.8) is 0 Å². The average molecular weight is 325 g/mol. The third kappa shape index (κ3) is 4.26. The van der Waals surface area contributed by atoms with Gasteiger partial charge >= 0.3 is 5.97 Å². The summed E-state index contributed by atoms with van der Waals surface area (Å²) in [5, 5.41) is 0. The van der Waals surface area contributed by atoms with Gasteiger partial charge in [0.25, 0.3) is 0 Å². The molecule has 0 bridgehead atoms. The van der Waals surface area contributed by atoms with Crippen LogP contribution in [0.4, 0.5) is 5.69 Å². The summed E-state index contributed by atoms with van der Waals surface area (Å²) in [6.07, 6.45) is 0.185. The van der Waals surface area contributed by atoms with Gasteiger partial charge in [-0.2, -0.15) is 0 Å². The monoisotopic (exact) mass is 324 g/mol. The van der Waals surface area contributed by atoms with E-state index in [1.54, 1.807) is 0 Å². The molecule has 6 nitrogen and oxygen atoms in total. The Morgan fingerprint density at radius 2 is 1.70 bits per heavy atom. The molecule has 0 fully saturated rings. The first-order valence-electron chi connectivity index (χ1n) is 5.34. The summed E-state index contributed by atoms with van der Waals surface area (Å²) in [5.41, 5.74) is 11.7. The minimum atomic E-state index is -0.573. The van der Waals surface area contributed by atoms with Crippen LogP contribution in [-0.4, -0.2) is 32.5 Å². The Labute approximate surface area is 129 Å². The number of ether oxygens (including phenoxy) is 2. The van der Waals surface area contributed by atoms with Gasteiger partial charge in [-0.15, -0.1) is 24.8 Å². The topological polar surface area (TPSA) is 105 Å². The Balaban J connectivity index is 0. The van der Waals surface area contributed by atoms with Gasteiger partial charge in [0.1, 0.15) is 5.56 Å². The van der Waals surface area contributed by atoms with Gasteiger partial charge in [-0.1, -0.05) is 0 Å². The van der Waals surface area contributed by atoms with Gasteiger partial charge < -0.3 is 20.9 Å². The van der Waals surface area contributed by atoms with Crippen molar-refractivity contribution < 1.29 is 19.1 Å². The molecule has 1 aromatic rings. The fourth-order valence-electron chi connectivity index (χ4n) is 1.60. The maximum atomic E-state index is 11.8. The van der Waals surface area contributed by atoms with Crippen LogP contribution in [0.3, 0.4) is 0 Å². The van der Waals surface area contributed by atoms with E-state index in [9.17, 15) is 9.59 Å². The molecule has 1 aromatic carbocycles. The minimum absolute atomic E-state index is 0. The first-order valence-corrected chi connectivity index (χ1v) is 5.34. The van der Waals surface area contributed by atoms with Crippen molar-refractivity contribution in [2.24, 2.45) is 5.73 Å². The molecule has 0 aliphatic heterocycles. The van der Waals surface area contributed by atoms with Crippen LogP contribution in [0.15, 0.2) is 12.1 Å². The molecule has 0 unspecified atom stereocenters. The molecule has 1 rings (SSSR count). The highest BCUT2D eigenvalue weighted by molar-refractivity contribution is 6.05. The number of nitrogens with two attached hydrogens (primary N) is 2. The smallest absolute Gasteiger partial charge is 0.341 e. The summed E-state index contributed by atoms with van der Waals surface area (Å²) in [6, 6.07) is 2.92. The highest BCUT2D eigenvalue weighted by Crippen LogP contribution is 2.31. The summed E-state index contributed by atoms with van der Waals surface area (Å²) >= 11 is 0. The van der Waals surface area contributed by atoms with Gasteiger partial charge in [0.2, 0.25) is 0 Å². The van der Waals surface area contributed by atoms with E-state index in [4.69, 9.17) is 16.2 Å². The van der Waals surface area contributed by atoms with E-state index >= 15 is 0 Å². The second-order valence-corrected chi connectivity index (χ2v) is 3.56. The van der Waals surface area contributed by atoms with Crippen molar-refractivity contribution in [2.45, 2.75) is 6.42 Å². The number of methoxy groups -OCH3 is 2. The van der Waals surface area contributed by atoms with Crippen LogP contribution in [0, 0.1) is 0 Å². The largest absolute Gasteiger partial charge is 0.494 e. The predicted molar refractivity (Wildman–Crippen MR) is 81.2 cm³/mol. The van der Waals surface area contributed by atoms with Gasteiger partial charge in [0.15, 0.2) is 11.5 Å². The zero-order valence-electron chi connectivity index (χ0n) is 11.2. The van der Waals surface area contributed by atoms with E-state index in [1.807, 2.05) is 0 Å². The number of halogens is 2. The van der Waals surface area contributed by atoms with Crippen LogP contribution in [0.2, 0.25) is 0 Å². The molecule has 4 N–H and O–H groups in total. The molecule has 20 heavy (non-hydrogen) atoms. The average Bonchev–Trinajstić information content (AvgIpc) is 2.37. The van der Waals surface area contributed by atoms with E-state index in [1.165, 1.54) is 26.4 Å². The van der Waals surface area contributed by atoms with E-state index in [0.717, 1.165) is 0 Å². The Morgan fingerprint density at radius 1 is 1.15 bits per heavy atom. The number of anilines is 1.